The number of hydrogen-bond acceptors (Lipinski definition) is 7. The summed E-state index contributed by atoms with van der Waals surface area (Å²) in [6, 6.07) is 0.824. The molecule has 0 saturated heterocycles. The van der Waals surface area contributed by atoms with Gasteiger partial charge in [0, 0.05) is 26.3 Å². The van der Waals surface area contributed by atoms with Gasteiger partial charge in [0.1, 0.15) is 22.5 Å². The number of esters is 1. The highest BCUT2D eigenvalue weighted by molar-refractivity contribution is 5.93. The molecular weight excluding hydrogens is 411 g/mol. The lowest BCUT2D eigenvalue weighted by molar-refractivity contribution is 0.0524. The third kappa shape index (κ3) is 3.13. The maximum absolute atomic E-state index is 15.1. The second-order valence-corrected chi connectivity index (χ2v) is 7.33. The van der Waals surface area contributed by atoms with E-state index in [1.54, 1.807) is 11.5 Å². The summed E-state index contributed by atoms with van der Waals surface area (Å²) in [6.07, 6.45) is 2.86. The van der Waals surface area contributed by atoms with Crippen molar-refractivity contribution in [2.75, 3.05) is 6.61 Å². The van der Waals surface area contributed by atoms with Crippen LogP contribution in [0.3, 0.4) is 0 Å². The van der Waals surface area contributed by atoms with Gasteiger partial charge in [0.15, 0.2) is 5.82 Å². The van der Waals surface area contributed by atoms with Crippen LogP contribution in [0.4, 0.5) is 4.39 Å². The van der Waals surface area contributed by atoms with E-state index in [2.05, 4.69) is 4.98 Å². The van der Waals surface area contributed by atoms with Crippen molar-refractivity contribution in [2.45, 2.75) is 25.8 Å². The van der Waals surface area contributed by atoms with Crippen LogP contribution in [0, 0.1) is 5.82 Å². The lowest BCUT2D eigenvalue weighted by Gasteiger charge is -2.14. The van der Waals surface area contributed by atoms with Gasteiger partial charge in [0.25, 0.3) is 5.56 Å². The fourth-order valence-corrected chi connectivity index (χ4v) is 3.45. The maximum Gasteiger partial charge on any atom is 0.343 e. The van der Waals surface area contributed by atoms with Crippen molar-refractivity contribution in [3.63, 3.8) is 0 Å². The molecule has 3 aromatic rings. The largest absolute Gasteiger partial charge is 0.494 e. The van der Waals surface area contributed by atoms with Crippen LogP contribution < -0.4 is 16.7 Å². The SMILES string of the molecule is CCOC(=O)c1cn(C2CC2)c2nc(-c3c(O)n(C)c(=O)n(C)c3=O)c(F)cc2c1=O. The fourth-order valence-electron chi connectivity index (χ4n) is 3.45. The number of pyridine rings is 2. The van der Waals surface area contributed by atoms with Crippen LogP contribution in [0.2, 0.25) is 0 Å². The Morgan fingerprint density at radius 3 is 2.55 bits per heavy atom. The van der Waals surface area contributed by atoms with Crippen LogP contribution in [0.1, 0.15) is 36.2 Å². The molecule has 0 bridgehead atoms. The zero-order valence-corrected chi connectivity index (χ0v) is 17.0. The highest BCUT2D eigenvalue weighted by atomic mass is 19.1. The lowest BCUT2D eigenvalue weighted by atomic mass is 10.1. The van der Waals surface area contributed by atoms with Gasteiger partial charge in [-0.2, -0.15) is 0 Å². The quantitative estimate of drug-likeness (QED) is 0.608. The Labute approximate surface area is 173 Å². The average Bonchev–Trinajstić information content (AvgIpc) is 3.57. The Bertz CT molecular complexity index is 1430. The van der Waals surface area contributed by atoms with Gasteiger partial charge in [0.2, 0.25) is 11.3 Å². The molecule has 0 aromatic carbocycles. The first-order valence-electron chi connectivity index (χ1n) is 9.59. The number of carbonyl (C=O) groups is 1. The first kappa shape index (κ1) is 20.5. The number of fused-ring (bicyclic) bond motifs is 1. The average molecular weight is 430 g/mol. The van der Waals surface area contributed by atoms with Crippen molar-refractivity contribution in [3.05, 3.63) is 54.7 Å². The number of carbonyl (C=O) groups excluding carboxylic acids is 1. The van der Waals surface area contributed by atoms with E-state index in [4.69, 9.17) is 4.74 Å². The number of aromatic hydroxyl groups is 1. The van der Waals surface area contributed by atoms with Crippen molar-refractivity contribution >= 4 is 17.0 Å². The number of rotatable bonds is 4. The number of nitrogens with zero attached hydrogens (tertiary/aromatic N) is 4. The minimum absolute atomic E-state index is 0.0568. The van der Waals surface area contributed by atoms with Crippen molar-refractivity contribution < 1.29 is 19.0 Å². The van der Waals surface area contributed by atoms with Gasteiger partial charge in [-0.3, -0.25) is 18.7 Å². The van der Waals surface area contributed by atoms with E-state index in [9.17, 15) is 24.3 Å². The predicted molar refractivity (Wildman–Crippen MR) is 108 cm³/mol. The van der Waals surface area contributed by atoms with Gasteiger partial charge in [-0.1, -0.05) is 0 Å². The molecule has 0 aliphatic heterocycles. The van der Waals surface area contributed by atoms with E-state index in [1.807, 2.05) is 0 Å². The lowest BCUT2D eigenvalue weighted by Crippen LogP contribution is -2.37. The molecule has 31 heavy (non-hydrogen) atoms. The molecule has 0 radical (unpaired) electrons. The maximum atomic E-state index is 15.1. The Morgan fingerprint density at radius 2 is 1.94 bits per heavy atom. The highest BCUT2D eigenvalue weighted by Gasteiger charge is 2.30. The second-order valence-electron chi connectivity index (χ2n) is 7.33. The predicted octanol–water partition coefficient (Wildman–Crippen LogP) is 0.817. The minimum Gasteiger partial charge on any atom is -0.494 e. The van der Waals surface area contributed by atoms with Crippen LogP contribution in [0.15, 0.2) is 26.6 Å². The van der Waals surface area contributed by atoms with E-state index < -0.39 is 45.6 Å². The molecule has 11 heteroatoms. The zero-order chi connectivity index (χ0) is 22.6. The molecule has 4 rings (SSSR count). The molecular formula is C20H19FN4O6. The number of halogens is 1. The Balaban J connectivity index is 2.08. The zero-order valence-electron chi connectivity index (χ0n) is 17.0. The van der Waals surface area contributed by atoms with Gasteiger partial charge in [0.05, 0.1) is 12.0 Å². The molecule has 1 N–H and O–H groups in total. The molecule has 1 saturated carbocycles. The molecule has 10 nitrogen and oxygen atoms in total. The van der Waals surface area contributed by atoms with Crippen LogP contribution in [-0.4, -0.2) is 36.4 Å². The number of hydrogen-bond donors (Lipinski definition) is 1. The van der Waals surface area contributed by atoms with Crippen LogP contribution >= 0.6 is 0 Å². The van der Waals surface area contributed by atoms with Crippen molar-refractivity contribution in [2.24, 2.45) is 14.1 Å². The third-order valence-corrected chi connectivity index (χ3v) is 5.26. The fraction of sp³-hybridized carbons (Fsp3) is 0.350. The topological polar surface area (TPSA) is 125 Å². The highest BCUT2D eigenvalue weighted by Crippen LogP contribution is 2.37. The number of ether oxygens (including phenoxy) is 1. The first-order valence-corrected chi connectivity index (χ1v) is 9.59. The molecule has 3 aromatic heterocycles. The van der Waals surface area contributed by atoms with Gasteiger partial charge >= 0.3 is 11.7 Å². The van der Waals surface area contributed by atoms with Crippen LogP contribution in [0.5, 0.6) is 5.88 Å². The molecule has 162 valence electrons. The van der Waals surface area contributed by atoms with Gasteiger partial charge < -0.3 is 14.4 Å². The minimum atomic E-state index is -1.06. The molecule has 0 spiro atoms. The Morgan fingerprint density at radius 1 is 1.26 bits per heavy atom. The summed E-state index contributed by atoms with van der Waals surface area (Å²) in [5.41, 5.74) is -3.66. The molecule has 1 fully saturated rings. The Kier molecular flexibility index (Phi) is 4.75. The standard InChI is InChI=1S/C20H19FN4O6/c1-4-31-19(29)11-8-25(9-5-6-9)16-10(15(11)26)7-12(21)14(22-16)13-17(27)23(2)20(30)24(3)18(13)28/h7-9,27H,4-6H2,1-3H3. The summed E-state index contributed by atoms with van der Waals surface area (Å²) in [7, 11) is 2.42. The molecule has 0 atom stereocenters. The Hall–Kier alpha value is -3.76. The van der Waals surface area contributed by atoms with Crippen molar-refractivity contribution in [1.29, 1.82) is 0 Å². The van der Waals surface area contributed by atoms with Crippen LogP contribution in [0.25, 0.3) is 22.3 Å². The van der Waals surface area contributed by atoms with E-state index in [0.717, 1.165) is 28.0 Å². The molecule has 0 unspecified atom stereocenters. The summed E-state index contributed by atoms with van der Waals surface area (Å²) in [5.74, 6) is -2.63. The van der Waals surface area contributed by atoms with Crippen molar-refractivity contribution in [1.82, 2.24) is 18.7 Å². The molecule has 1 aliphatic rings. The summed E-state index contributed by atoms with van der Waals surface area (Å²) >= 11 is 0. The first-order chi connectivity index (χ1) is 14.7. The van der Waals surface area contributed by atoms with Gasteiger partial charge in [-0.25, -0.2) is 19.0 Å². The van der Waals surface area contributed by atoms with Crippen LogP contribution in [-0.2, 0) is 18.8 Å². The summed E-state index contributed by atoms with van der Waals surface area (Å²) < 4.78 is 23.1. The molecule has 1 aliphatic carbocycles. The second kappa shape index (κ2) is 7.18. The van der Waals surface area contributed by atoms with Gasteiger partial charge in [-0.15, -0.1) is 0 Å². The van der Waals surface area contributed by atoms with Crippen molar-refractivity contribution in [3.8, 4) is 17.1 Å². The summed E-state index contributed by atoms with van der Waals surface area (Å²) in [6.45, 7) is 1.67. The molecule has 3 heterocycles. The van der Waals surface area contributed by atoms with E-state index in [-0.39, 0.29) is 29.2 Å². The number of aromatic nitrogens is 4. The summed E-state index contributed by atoms with van der Waals surface area (Å²) in [5, 5.41) is 10.2. The van der Waals surface area contributed by atoms with Gasteiger partial charge in [-0.05, 0) is 25.8 Å². The normalized spacial score (nSPS) is 13.5. The van der Waals surface area contributed by atoms with E-state index in [0.29, 0.717) is 0 Å². The monoisotopic (exact) mass is 430 g/mol. The molecule has 0 amide bonds. The third-order valence-electron chi connectivity index (χ3n) is 5.26. The van der Waals surface area contributed by atoms with E-state index in [1.165, 1.54) is 20.3 Å². The smallest absolute Gasteiger partial charge is 0.343 e. The summed E-state index contributed by atoms with van der Waals surface area (Å²) in [4.78, 5) is 53.9. The van der Waals surface area contributed by atoms with E-state index >= 15 is 4.39 Å².